The number of benzene rings is 1. The highest BCUT2D eigenvalue weighted by Gasteiger charge is 2.57. The summed E-state index contributed by atoms with van der Waals surface area (Å²) < 4.78 is 64.9. The fourth-order valence-corrected chi connectivity index (χ4v) is 6.84. The van der Waals surface area contributed by atoms with Gasteiger partial charge in [0.05, 0.1) is 17.1 Å². The van der Waals surface area contributed by atoms with Gasteiger partial charge in [-0.05, 0) is 48.4 Å². The number of ether oxygens (including phenoxy) is 1. The molecule has 176 valence electrons. The number of nitrogens with zero attached hydrogens (tertiary/aromatic N) is 3. The van der Waals surface area contributed by atoms with Gasteiger partial charge in [0.15, 0.2) is 9.84 Å². The van der Waals surface area contributed by atoms with Crippen LogP contribution in [0.1, 0.15) is 46.1 Å². The third kappa shape index (κ3) is 4.97. The summed E-state index contributed by atoms with van der Waals surface area (Å²) >= 11 is 0. The van der Waals surface area contributed by atoms with E-state index < -0.39 is 16.2 Å². The summed E-state index contributed by atoms with van der Waals surface area (Å²) in [5, 5.41) is 0. The summed E-state index contributed by atoms with van der Waals surface area (Å²) in [6.45, 7) is 0.846. The average Bonchev–Trinajstić information content (AvgIpc) is 3.52. The van der Waals surface area contributed by atoms with Crippen molar-refractivity contribution >= 4 is 15.7 Å². The van der Waals surface area contributed by atoms with E-state index in [1.54, 1.807) is 4.90 Å². The van der Waals surface area contributed by atoms with Crippen LogP contribution in [0.3, 0.4) is 0 Å². The van der Waals surface area contributed by atoms with Gasteiger partial charge >= 0.3 is 6.36 Å². The van der Waals surface area contributed by atoms with Crippen LogP contribution >= 0.6 is 0 Å². The van der Waals surface area contributed by atoms with Crippen LogP contribution in [-0.2, 0) is 22.7 Å². The van der Waals surface area contributed by atoms with E-state index in [-0.39, 0.29) is 34.5 Å². The van der Waals surface area contributed by atoms with Crippen LogP contribution in [0.5, 0.6) is 5.75 Å². The SMILES string of the molecule is O=C(c1cnc(CCc2cc(OC(F)(F)F)cc(C3CC3)c2)nc1)N1CC2(C1)CS(=O)(=O)C2. The molecule has 7 nitrogen and oxygen atoms in total. The van der Waals surface area contributed by atoms with E-state index >= 15 is 0 Å². The average molecular weight is 481 g/mol. The van der Waals surface area contributed by atoms with Gasteiger partial charge in [0.1, 0.15) is 11.6 Å². The molecule has 0 atom stereocenters. The van der Waals surface area contributed by atoms with Crippen molar-refractivity contribution in [2.45, 2.75) is 38.0 Å². The fourth-order valence-electron chi connectivity index (χ4n) is 4.69. The second kappa shape index (κ2) is 7.68. The van der Waals surface area contributed by atoms with Crippen molar-refractivity contribution < 1.29 is 31.1 Å². The zero-order valence-corrected chi connectivity index (χ0v) is 18.5. The predicted molar refractivity (Wildman–Crippen MR) is 112 cm³/mol. The first-order valence-corrected chi connectivity index (χ1v) is 12.5. The van der Waals surface area contributed by atoms with Gasteiger partial charge < -0.3 is 9.64 Å². The number of carbonyl (C=O) groups excluding carboxylic acids is 1. The van der Waals surface area contributed by atoms with Crippen LogP contribution in [0.25, 0.3) is 0 Å². The third-order valence-corrected chi connectivity index (χ3v) is 8.36. The van der Waals surface area contributed by atoms with E-state index in [2.05, 4.69) is 14.7 Å². The minimum atomic E-state index is -4.74. The van der Waals surface area contributed by atoms with Crippen LogP contribution in [-0.4, -0.2) is 60.2 Å². The maximum absolute atomic E-state index is 12.7. The Labute approximate surface area is 188 Å². The minimum Gasteiger partial charge on any atom is -0.406 e. The van der Waals surface area contributed by atoms with Crippen LogP contribution in [0.15, 0.2) is 30.6 Å². The lowest BCUT2D eigenvalue weighted by molar-refractivity contribution is -0.274. The molecule has 5 rings (SSSR count). The highest BCUT2D eigenvalue weighted by atomic mass is 32.2. The van der Waals surface area contributed by atoms with Gasteiger partial charge in [0, 0.05) is 37.3 Å². The van der Waals surface area contributed by atoms with Gasteiger partial charge in [-0.15, -0.1) is 13.2 Å². The molecule has 1 aliphatic carbocycles. The molecule has 11 heteroatoms. The lowest BCUT2D eigenvalue weighted by Gasteiger charge is -2.54. The van der Waals surface area contributed by atoms with E-state index in [9.17, 15) is 26.4 Å². The molecule has 0 radical (unpaired) electrons. The first kappa shape index (κ1) is 22.1. The number of amides is 1. The van der Waals surface area contributed by atoms with Crippen molar-refractivity contribution in [1.29, 1.82) is 0 Å². The van der Waals surface area contributed by atoms with Gasteiger partial charge in [-0.1, -0.05) is 6.07 Å². The normalized spacial score (nSPS) is 20.8. The Hall–Kier alpha value is -2.69. The molecular formula is C22H22F3N3O4S. The highest BCUT2D eigenvalue weighted by molar-refractivity contribution is 7.92. The van der Waals surface area contributed by atoms with Crippen molar-refractivity contribution in [2.75, 3.05) is 24.6 Å². The molecule has 1 aromatic carbocycles. The maximum Gasteiger partial charge on any atom is 0.573 e. The minimum absolute atomic E-state index is 0.136. The number of aryl methyl sites for hydroxylation is 2. The first-order chi connectivity index (χ1) is 15.5. The van der Waals surface area contributed by atoms with Gasteiger partial charge in [-0.2, -0.15) is 0 Å². The summed E-state index contributed by atoms with van der Waals surface area (Å²) in [5.74, 6) is 0.584. The van der Waals surface area contributed by atoms with Crippen molar-refractivity contribution in [3.63, 3.8) is 0 Å². The van der Waals surface area contributed by atoms with Crippen LogP contribution in [0.4, 0.5) is 13.2 Å². The number of alkyl halides is 3. The van der Waals surface area contributed by atoms with Crippen molar-refractivity contribution in [3.05, 3.63) is 53.1 Å². The molecule has 1 spiro atoms. The molecule has 1 amide bonds. The summed E-state index contributed by atoms with van der Waals surface area (Å²) in [6.07, 6.45) is 0.888. The quantitative estimate of drug-likeness (QED) is 0.631. The Kier molecular flexibility index (Phi) is 5.15. The molecule has 2 aromatic rings. The maximum atomic E-state index is 12.7. The largest absolute Gasteiger partial charge is 0.573 e. The number of rotatable bonds is 6. The monoisotopic (exact) mass is 481 g/mol. The van der Waals surface area contributed by atoms with Crippen LogP contribution in [0.2, 0.25) is 0 Å². The van der Waals surface area contributed by atoms with E-state index in [4.69, 9.17) is 0 Å². The molecule has 3 aliphatic rings. The highest BCUT2D eigenvalue weighted by Crippen LogP contribution is 2.43. The molecule has 0 unspecified atom stereocenters. The number of hydrogen-bond acceptors (Lipinski definition) is 6. The summed E-state index contributed by atoms with van der Waals surface area (Å²) in [6, 6.07) is 4.74. The Bertz CT molecular complexity index is 1170. The second-order valence-electron chi connectivity index (χ2n) is 9.31. The first-order valence-electron chi connectivity index (χ1n) is 10.7. The van der Waals surface area contributed by atoms with Crippen molar-refractivity contribution in [1.82, 2.24) is 14.9 Å². The Morgan fingerprint density at radius 1 is 1.09 bits per heavy atom. The fraction of sp³-hybridized carbons (Fsp3) is 0.500. The number of hydrogen-bond donors (Lipinski definition) is 0. The van der Waals surface area contributed by atoms with Gasteiger partial charge in [-0.3, -0.25) is 4.79 Å². The molecule has 0 bridgehead atoms. The number of halogens is 3. The molecule has 1 aromatic heterocycles. The molecule has 33 heavy (non-hydrogen) atoms. The lowest BCUT2D eigenvalue weighted by atomic mass is 9.82. The lowest BCUT2D eigenvalue weighted by Crippen LogP contribution is -2.69. The Morgan fingerprint density at radius 2 is 1.76 bits per heavy atom. The van der Waals surface area contributed by atoms with Gasteiger partial charge in [0.2, 0.25) is 0 Å². The van der Waals surface area contributed by atoms with Crippen molar-refractivity contribution in [2.24, 2.45) is 5.41 Å². The second-order valence-corrected chi connectivity index (χ2v) is 11.4. The Morgan fingerprint density at radius 3 is 2.33 bits per heavy atom. The van der Waals surface area contributed by atoms with Crippen LogP contribution < -0.4 is 4.74 Å². The molecular weight excluding hydrogens is 459 g/mol. The van der Waals surface area contributed by atoms with E-state index in [1.807, 2.05) is 6.07 Å². The number of likely N-dealkylation sites (tertiary alicyclic amines) is 1. The number of aromatic nitrogens is 2. The van der Waals surface area contributed by atoms with Crippen molar-refractivity contribution in [3.8, 4) is 5.75 Å². The third-order valence-electron chi connectivity index (χ3n) is 6.25. The topological polar surface area (TPSA) is 89.5 Å². The van der Waals surface area contributed by atoms with E-state index in [0.29, 0.717) is 42.9 Å². The molecule has 3 heterocycles. The smallest absolute Gasteiger partial charge is 0.406 e. The van der Waals surface area contributed by atoms with E-state index in [0.717, 1.165) is 18.4 Å². The van der Waals surface area contributed by atoms with Crippen LogP contribution in [0, 0.1) is 5.41 Å². The number of sulfone groups is 1. The standard InChI is InChI=1S/C22H22F3N3O4S/c23-22(24,25)32-18-6-14(5-16(7-18)15-2-3-15)1-4-19-26-8-17(9-27-19)20(29)28-10-21(11-28)12-33(30,31)13-21/h5-9,15H,1-4,10-13H2. The van der Waals surface area contributed by atoms with Gasteiger partial charge in [-0.25, -0.2) is 18.4 Å². The summed E-state index contributed by atoms with van der Waals surface area (Å²) in [7, 11) is -2.94. The molecule has 1 saturated carbocycles. The predicted octanol–water partition coefficient (Wildman–Crippen LogP) is 2.91. The van der Waals surface area contributed by atoms with Gasteiger partial charge in [0.25, 0.3) is 5.91 Å². The Balaban J connectivity index is 1.19. The molecule has 3 fully saturated rings. The zero-order valence-electron chi connectivity index (χ0n) is 17.6. The number of carbonyl (C=O) groups is 1. The summed E-state index contributed by atoms with van der Waals surface area (Å²) in [5.41, 5.74) is 1.61. The summed E-state index contributed by atoms with van der Waals surface area (Å²) in [4.78, 5) is 22.6. The van der Waals surface area contributed by atoms with E-state index in [1.165, 1.54) is 24.5 Å². The molecule has 2 aliphatic heterocycles. The molecule has 0 N–H and O–H groups in total. The zero-order chi connectivity index (χ0) is 23.4. The molecule has 2 saturated heterocycles.